The van der Waals surface area contributed by atoms with Crippen molar-refractivity contribution in [2.75, 3.05) is 11.9 Å². The molecule has 0 unspecified atom stereocenters. The molecule has 0 aliphatic carbocycles. The van der Waals surface area contributed by atoms with E-state index in [0.29, 0.717) is 25.3 Å². The van der Waals surface area contributed by atoms with Gasteiger partial charge >= 0.3 is 0 Å². The van der Waals surface area contributed by atoms with E-state index in [9.17, 15) is 4.79 Å². The quantitative estimate of drug-likeness (QED) is 0.795. The van der Waals surface area contributed by atoms with Crippen molar-refractivity contribution in [3.63, 3.8) is 0 Å². The molecule has 2 aromatic rings. The number of rotatable bonds is 6. The van der Waals surface area contributed by atoms with Crippen molar-refractivity contribution in [3.8, 4) is 5.75 Å². The number of nitrogens with zero attached hydrogens (tertiary/aromatic N) is 1. The second kappa shape index (κ2) is 6.75. The Labute approximate surface area is 118 Å². The van der Waals surface area contributed by atoms with E-state index in [4.69, 9.17) is 4.74 Å². The topological polar surface area (TPSA) is 67.0 Å². The number of carbonyl (C=O) groups is 1. The Morgan fingerprint density at radius 1 is 1.35 bits per heavy atom. The molecule has 1 heterocycles. The number of aryl methyl sites for hydroxylation is 2. The molecule has 0 atom stereocenters. The first-order valence-electron chi connectivity index (χ1n) is 6.65. The molecule has 0 saturated carbocycles. The van der Waals surface area contributed by atoms with E-state index >= 15 is 0 Å². The summed E-state index contributed by atoms with van der Waals surface area (Å²) in [5.41, 5.74) is 2.08. The minimum Gasteiger partial charge on any atom is -0.494 e. The molecule has 2 N–H and O–H groups in total. The second-order valence-electron chi connectivity index (χ2n) is 4.75. The lowest BCUT2D eigenvalue weighted by molar-refractivity contribution is -0.116. The highest BCUT2D eigenvalue weighted by Gasteiger charge is 2.04. The Kier molecular flexibility index (Phi) is 4.76. The molecule has 20 heavy (non-hydrogen) atoms. The second-order valence-corrected chi connectivity index (χ2v) is 4.75. The van der Waals surface area contributed by atoms with Gasteiger partial charge in [-0.25, -0.2) is 0 Å². The maximum atomic E-state index is 11.7. The molecular formula is C15H19N3O2. The van der Waals surface area contributed by atoms with Crippen molar-refractivity contribution in [3.05, 3.63) is 41.6 Å². The van der Waals surface area contributed by atoms with E-state index in [2.05, 4.69) is 15.5 Å². The minimum absolute atomic E-state index is 0.0515. The number of amides is 1. The van der Waals surface area contributed by atoms with Gasteiger partial charge in [0.05, 0.1) is 6.61 Å². The summed E-state index contributed by atoms with van der Waals surface area (Å²) in [6.45, 7) is 4.43. The summed E-state index contributed by atoms with van der Waals surface area (Å²) in [6, 6.07) is 9.66. The van der Waals surface area contributed by atoms with Crippen molar-refractivity contribution in [1.82, 2.24) is 10.2 Å². The third kappa shape index (κ3) is 4.42. The third-order valence-corrected chi connectivity index (χ3v) is 2.78. The number of aromatic amines is 1. The summed E-state index contributed by atoms with van der Waals surface area (Å²) in [5, 5.41) is 9.47. The minimum atomic E-state index is -0.0515. The normalized spacial score (nSPS) is 10.3. The van der Waals surface area contributed by atoms with E-state index in [-0.39, 0.29) is 5.91 Å². The van der Waals surface area contributed by atoms with Crippen molar-refractivity contribution in [2.24, 2.45) is 0 Å². The van der Waals surface area contributed by atoms with Gasteiger partial charge in [-0.05, 0) is 38.0 Å². The molecule has 0 saturated heterocycles. The van der Waals surface area contributed by atoms with Crippen LogP contribution < -0.4 is 10.1 Å². The van der Waals surface area contributed by atoms with Gasteiger partial charge in [0, 0.05) is 18.2 Å². The summed E-state index contributed by atoms with van der Waals surface area (Å²) in [4.78, 5) is 11.7. The van der Waals surface area contributed by atoms with Crippen LogP contribution in [0.1, 0.15) is 24.1 Å². The number of anilines is 1. The molecule has 0 aliphatic rings. The fraction of sp³-hybridized carbons (Fsp3) is 0.333. The summed E-state index contributed by atoms with van der Waals surface area (Å²) in [5.74, 6) is 1.35. The van der Waals surface area contributed by atoms with Gasteiger partial charge in [-0.1, -0.05) is 12.1 Å². The van der Waals surface area contributed by atoms with E-state index < -0.39 is 0 Å². The molecule has 1 aromatic carbocycles. The van der Waals surface area contributed by atoms with Crippen LogP contribution in [0.3, 0.4) is 0 Å². The number of benzene rings is 1. The Morgan fingerprint density at radius 2 is 2.20 bits per heavy atom. The molecule has 1 amide bonds. The first-order chi connectivity index (χ1) is 9.63. The molecule has 106 valence electrons. The highest BCUT2D eigenvalue weighted by Crippen LogP contribution is 2.13. The highest BCUT2D eigenvalue weighted by atomic mass is 16.5. The monoisotopic (exact) mass is 273 g/mol. The Bertz CT molecular complexity index is 578. The number of hydrogen-bond acceptors (Lipinski definition) is 3. The standard InChI is InChI=1S/C15H19N3O2/c1-11-5-3-6-13(9-11)20-8-4-7-15(19)16-14-10-12(2)17-18-14/h3,5-6,9-10H,4,7-8H2,1-2H3,(H2,16,17,18,19). The third-order valence-electron chi connectivity index (χ3n) is 2.78. The van der Waals surface area contributed by atoms with E-state index in [1.54, 1.807) is 6.07 Å². The van der Waals surface area contributed by atoms with Gasteiger partial charge in [-0.15, -0.1) is 0 Å². The lowest BCUT2D eigenvalue weighted by Crippen LogP contribution is -2.13. The van der Waals surface area contributed by atoms with E-state index in [1.165, 1.54) is 0 Å². The molecule has 0 radical (unpaired) electrons. The average Bonchev–Trinajstić information content (AvgIpc) is 2.80. The summed E-state index contributed by atoms with van der Waals surface area (Å²) < 4.78 is 5.59. The Morgan fingerprint density at radius 3 is 2.90 bits per heavy atom. The lowest BCUT2D eigenvalue weighted by Gasteiger charge is -2.06. The summed E-state index contributed by atoms with van der Waals surface area (Å²) >= 11 is 0. The van der Waals surface area contributed by atoms with Crippen LogP contribution >= 0.6 is 0 Å². The Hall–Kier alpha value is -2.30. The molecule has 2 rings (SSSR count). The molecule has 0 aliphatic heterocycles. The van der Waals surface area contributed by atoms with Gasteiger partial charge in [0.15, 0.2) is 5.82 Å². The van der Waals surface area contributed by atoms with Crippen molar-refractivity contribution in [2.45, 2.75) is 26.7 Å². The van der Waals surface area contributed by atoms with Crippen molar-refractivity contribution >= 4 is 11.7 Å². The average molecular weight is 273 g/mol. The molecule has 0 fully saturated rings. The molecular weight excluding hydrogens is 254 g/mol. The maximum Gasteiger partial charge on any atom is 0.225 e. The number of ether oxygens (including phenoxy) is 1. The Balaban J connectivity index is 1.67. The number of aromatic nitrogens is 2. The summed E-state index contributed by atoms with van der Waals surface area (Å²) in [7, 11) is 0. The van der Waals surface area contributed by atoms with Crippen molar-refractivity contribution < 1.29 is 9.53 Å². The zero-order valence-corrected chi connectivity index (χ0v) is 11.8. The zero-order chi connectivity index (χ0) is 14.4. The van der Waals surface area contributed by atoms with Crippen LogP contribution in [0.5, 0.6) is 5.75 Å². The predicted octanol–water partition coefficient (Wildman–Crippen LogP) is 2.82. The van der Waals surface area contributed by atoms with Crippen LogP contribution in [0, 0.1) is 13.8 Å². The maximum absolute atomic E-state index is 11.7. The van der Waals surface area contributed by atoms with Gasteiger partial charge in [0.1, 0.15) is 5.75 Å². The van der Waals surface area contributed by atoms with Crippen LogP contribution in [-0.2, 0) is 4.79 Å². The smallest absolute Gasteiger partial charge is 0.225 e. The predicted molar refractivity (Wildman–Crippen MR) is 77.9 cm³/mol. The fourth-order valence-corrected chi connectivity index (χ4v) is 1.82. The molecule has 1 aromatic heterocycles. The number of nitrogens with one attached hydrogen (secondary N) is 2. The number of hydrogen-bond donors (Lipinski definition) is 2. The molecule has 5 heteroatoms. The number of H-pyrrole nitrogens is 1. The van der Waals surface area contributed by atoms with E-state index in [0.717, 1.165) is 17.0 Å². The van der Waals surface area contributed by atoms with Gasteiger partial charge < -0.3 is 10.1 Å². The summed E-state index contributed by atoms with van der Waals surface area (Å²) in [6.07, 6.45) is 1.08. The molecule has 0 spiro atoms. The zero-order valence-electron chi connectivity index (χ0n) is 11.8. The SMILES string of the molecule is Cc1cccc(OCCCC(=O)Nc2cc(C)[nH]n2)c1. The van der Waals surface area contributed by atoms with E-state index in [1.807, 2.05) is 38.1 Å². The molecule has 0 bridgehead atoms. The van der Waals surface area contributed by atoms with Crippen LogP contribution in [0.2, 0.25) is 0 Å². The largest absolute Gasteiger partial charge is 0.494 e. The molecule has 5 nitrogen and oxygen atoms in total. The first-order valence-corrected chi connectivity index (χ1v) is 6.65. The van der Waals surface area contributed by atoms with Crippen LogP contribution in [-0.4, -0.2) is 22.7 Å². The van der Waals surface area contributed by atoms with Gasteiger partial charge in [-0.3, -0.25) is 9.89 Å². The van der Waals surface area contributed by atoms with Gasteiger partial charge in [-0.2, -0.15) is 5.10 Å². The van der Waals surface area contributed by atoms with Crippen LogP contribution in [0.25, 0.3) is 0 Å². The van der Waals surface area contributed by atoms with Gasteiger partial charge in [0.25, 0.3) is 0 Å². The first kappa shape index (κ1) is 14.1. The van der Waals surface area contributed by atoms with Crippen LogP contribution in [0.15, 0.2) is 30.3 Å². The lowest BCUT2D eigenvalue weighted by atomic mass is 10.2. The highest BCUT2D eigenvalue weighted by molar-refractivity contribution is 5.89. The van der Waals surface area contributed by atoms with Crippen LogP contribution in [0.4, 0.5) is 5.82 Å². The van der Waals surface area contributed by atoms with Crippen molar-refractivity contribution in [1.29, 1.82) is 0 Å². The number of carbonyl (C=O) groups excluding carboxylic acids is 1. The fourth-order valence-electron chi connectivity index (χ4n) is 1.82. The van der Waals surface area contributed by atoms with Gasteiger partial charge in [0.2, 0.25) is 5.91 Å².